The van der Waals surface area contributed by atoms with Crippen molar-refractivity contribution in [1.82, 2.24) is 25.3 Å². The fourth-order valence-corrected chi connectivity index (χ4v) is 5.02. The molecule has 1 fully saturated rings. The highest BCUT2D eigenvalue weighted by atomic mass is 16.5. The zero-order chi connectivity index (χ0) is 25.7. The summed E-state index contributed by atoms with van der Waals surface area (Å²) in [5.74, 6) is 1.73. The number of nitrogens with one attached hydrogen (secondary N) is 1. The number of hydrogen-bond acceptors (Lipinski definition) is 8. The summed E-state index contributed by atoms with van der Waals surface area (Å²) in [6, 6.07) is 16.6. The molecule has 0 spiro atoms. The van der Waals surface area contributed by atoms with Gasteiger partial charge in [-0.15, -0.1) is 0 Å². The lowest BCUT2D eigenvalue weighted by Gasteiger charge is -2.28. The Hall–Kier alpha value is -4.30. The Kier molecular flexibility index (Phi) is 6.95. The number of aromatic nitrogens is 4. The highest BCUT2D eigenvalue weighted by molar-refractivity contribution is 5.78. The van der Waals surface area contributed by atoms with Gasteiger partial charge in [0, 0.05) is 73.5 Å². The second-order valence-electron chi connectivity index (χ2n) is 9.48. The molecule has 0 saturated carbocycles. The van der Waals surface area contributed by atoms with Crippen molar-refractivity contribution in [3.05, 3.63) is 96.6 Å². The van der Waals surface area contributed by atoms with Crippen molar-refractivity contribution in [3.63, 3.8) is 0 Å². The predicted octanol–water partition coefficient (Wildman–Crippen LogP) is 4.27. The molecule has 4 aromatic rings. The maximum Gasteiger partial charge on any atom is 0.228 e. The summed E-state index contributed by atoms with van der Waals surface area (Å²) >= 11 is 0. The molecule has 0 radical (unpaired) electrons. The lowest BCUT2D eigenvalue weighted by atomic mass is 10.0. The minimum absolute atomic E-state index is 0.684. The summed E-state index contributed by atoms with van der Waals surface area (Å²) in [5.41, 5.74) is 7.47. The molecule has 0 atom stereocenters. The third-order valence-electron chi connectivity index (χ3n) is 7.04. The molecular weight excluding hydrogens is 474 g/mol. The molecule has 38 heavy (non-hydrogen) atoms. The van der Waals surface area contributed by atoms with Crippen LogP contribution < -0.4 is 15.1 Å². The molecule has 3 aromatic heterocycles. The van der Waals surface area contributed by atoms with E-state index in [0.717, 1.165) is 79.0 Å². The molecule has 8 nitrogen and oxygen atoms in total. The van der Waals surface area contributed by atoms with Gasteiger partial charge in [0.1, 0.15) is 5.82 Å². The van der Waals surface area contributed by atoms with Gasteiger partial charge in [0.2, 0.25) is 5.95 Å². The zero-order valence-electron chi connectivity index (χ0n) is 21.4. The smallest absolute Gasteiger partial charge is 0.228 e. The second-order valence-corrected chi connectivity index (χ2v) is 9.48. The van der Waals surface area contributed by atoms with Crippen LogP contribution in [0.3, 0.4) is 0 Å². The van der Waals surface area contributed by atoms with Crippen molar-refractivity contribution in [3.8, 4) is 11.3 Å². The number of fused-ring (bicyclic) bond motifs is 1. The summed E-state index contributed by atoms with van der Waals surface area (Å²) < 4.78 is 5.59. The number of benzene rings is 1. The predicted molar refractivity (Wildman–Crippen MR) is 150 cm³/mol. The Morgan fingerprint density at radius 1 is 0.947 bits per heavy atom. The van der Waals surface area contributed by atoms with E-state index in [9.17, 15) is 0 Å². The quantitative estimate of drug-likeness (QED) is 0.380. The number of pyridine rings is 2. The van der Waals surface area contributed by atoms with Gasteiger partial charge >= 0.3 is 0 Å². The van der Waals surface area contributed by atoms with Crippen molar-refractivity contribution in [2.45, 2.75) is 12.8 Å². The first-order chi connectivity index (χ1) is 18.8. The van der Waals surface area contributed by atoms with Crippen molar-refractivity contribution in [2.24, 2.45) is 0 Å². The van der Waals surface area contributed by atoms with Crippen LogP contribution in [0.1, 0.15) is 16.7 Å². The van der Waals surface area contributed by atoms with Gasteiger partial charge in [0.05, 0.1) is 18.9 Å². The van der Waals surface area contributed by atoms with E-state index in [4.69, 9.17) is 14.7 Å². The van der Waals surface area contributed by atoms with Gasteiger partial charge in [0.15, 0.2) is 0 Å². The minimum atomic E-state index is 0.684. The van der Waals surface area contributed by atoms with Crippen LogP contribution in [0.5, 0.6) is 0 Å². The van der Waals surface area contributed by atoms with Gasteiger partial charge in [0.25, 0.3) is 0 Å². The Morgan fingerprint density at radius 3 is 2.63 bits per heavy atom. The van der Waals surface area contributed by atoms with Crippen molar-refractivity contribution in [2.75, 3.05) is 49.2 Å². The number of ether oxygens (including phenoxy) is 1. The maximum absolute atomic E-state index is 5.59. The van der Waals surface area contributed by atoms with Crippen LogP contribution >= 0.6 is 0 Å². The molecular formula is C30H31N7O. The monoisotopic (exact) mass is 505 g/mol. The Labute approximate surface area is 223 Å². The van der Waals surface area contributed by atoms with Crippen LogP contribution in [0.4, 0.5) is 17.5 Å². The van der Waals surface area contributed by atoms with Crippen LogP contribution in [0.25, 0.3) is 17.0 Å². The van der Waals surface area contributed by atoms with Gasteiger partial charge < -0.3 is 19.9 Å². The van der Waals surface area contributed by atoms with E-state index in [-0.39, 0.29) is 0 Å². The highest BCUT2D eigenvalue weighted by Crippen LogP contribution is 2.39. The number of hydrogen-bond donors (Lipinski definition) is 1. The van der Waals surface area contributed by atoms with E-state index in [2.05, 4.69) is 62.0 Å². The largest absolute Gasteiger partial charge is 0.385 e. The Balaban J connectivity index is 1.31. The van der Waals surface area contributed by atoms with Crippen molar-refractivity contribution in [1.29, 1.82) is 0 Å². The van der Waals surface area contributed by atoms with Gasteiger partial charge in [-0.25, -0.2) is 4.98 Å². The third-order valence-corrected chi connectivity index (χ3v) is 7.04. The molecule has 1 N–H and O–H groups in total. The molecule has 6 rings (SSSR count). The number of anilines is 3. The van der Waals surface area contributed by atoms with E-state index < -0.39 is 0 Å². The molecule has 8 heteroatoms. The van der Waals surface area contributed by atoms with E-state index in [1.165, 1.54) is 11.1 Å². The molecule has 0 bridgehead atoms. The number of morpholine rings is 1. The first-order valence-corrected chi connectivity index (χ1v) is 13.1. The first-order valence-electron chi connectivity index (χ1n) is 13.1. The van der Waals surface area contributed by atoms with Gasteiger partial charge in [-0.2, -0.15) is 4.98 Å². The zero-order valence-corrected chi connectivity index (χ0v) is 21.4. The van der Waals surface area contributed by atoms with Crippen LogP contribution in [-0.4, -0.2) is 59.3 Å². The van der Waals surface area contributed by atoms with Crippen LogP contribution in [-0.2, 0) is 17.6 Å². The normalized spacial score (nSPS) is 14.8. The fourth-order valence-electron chi connectivity index (χ4n) is 5.02. The molecule has 1 aromatic carbocycles. The molecule has 2 aliphatic rings. The Morgan fingerprint density at radius 2 is 1.82 bits per heavy atom. The van der Waals surface area contributed by atoms with E-state index in [0.29, 0.717) is 13.2 Å². The summed E-state index contributed by atoms with van der Waals surface area (Å²) in [6.07, 6.45) is 9.13. The summed E-state index contributed by atoms with van der Waals surface area (Å²) in [5, 5.41) is 3.48. The van der Waals surface area contributed by atoms with Gasteiger partial charge in [-0.05, 0) is 48.2 Å². The fraction of sp³-hybridized carbons (Fsp3) is 0.267. The minimum Gasteiger partial charge on any atom is -0.385 e. The molecule has 1 saturated heterocycles. The van der Waals surface area contributed by atoms with Gasteiger partial charge in [-0.3, -0.25) is 9.97 Å². The van der Waals surface area contributed by atoms with Crippen LogP contribution in [0, 0.1) is 0 Å². The maximum atomic E-state index is 5.59. The van der Waals surface area contributed by atoms with Crippen molar-refractivity contribution < 1.29 is 4.74 Å². The topological polar surface area (TPSA) is 79.3 Å². The standard InChI is InChI=1S/C30H31N7O/c1-22(33-14-7-23-4-3-11-32-21-23)24-5-2-6-25(20-24)28-27-10-15-37(26-8-12-31-13-9-26)29(27)35-30(34-28)36-16-18-38-19-17-36/h2-6,8-9,11-13,20-21,33H,1,7,10,14-19H2. The molecule has 2 aliphatic heterocycles. The number of nitrogens with zero attached hydrogens (tertiary/aromatic N) is 6. The molecule has 0 aliphatic carbocycles. The van der Waals surface area contributed by atoms with Crippen LogP contribution in [0.2, 0.25) is 0 Å². The molecule has 0 unspecified atom stereocenters. The molecule has 5 heterocycles. The average Bonchev–Trinajstić information content (AvgIpc) is 3.42. The van der Waals surface area contributed by atoms with E-state index in [1.807, 2.05) is 36.8 Å². The van der Waals surface area contributed by atoms with E-state index >= 15 is 0 Å². The van der Waals surface area contributed by atoms with Crippen molar-refractivity contribution >= 4 is 23.2 Å². The lowest BCUT2D eigenvalue weighted by molar-refractivity contribution is 0.122. The first kappa shape index (κ1) is 24.1. The summed E-state index contributed by atoms with van der Waals surface area (Å²) in [7, 11) is 0. The number of rotatable bonds is 8. The second kappa shape index (κ2) is 11.0. The summed E-state index contributed by atoms with van der Waals surface area (Å²) in [6.45, 7) is 8.89. The molecule has 0 amide bonds. The average molecular weight is 506 g/mol. The summed E-state index contributed by atoms with van der Waals surface area (Å²) in [4.78, 5) is 23.1. The molecule has 192 valence electrons. The third kappa shape index (κ3) is 5.08. The van der Waals surface area contributed by atoms with E-state index in [1.54, 1.807) is 6.20 Å². The van der Waals surface area contributed by atoms with Crippen LogP contribution in [0.15, 0.2) is 79.9 Å². The lowest BCUT2D eigenvalue weighted by Crippen LogP contribution is -2.37. The SMILES string of the molecule is C=C(NCCc1cccnc1)c1cccc(-c2nc(N3CCOCC3)nc3c2CCN3c2ccncc2)c1. The highest BCUT2D eigenvalue weighted by Gasteiger charge is 2.29. The van der Waals surface area contributed by atoms with Gasteiger partial charge in [-0.1, -0.05) is 30.8 Å². The Bertz CT molecular complexity index is 1410.